The molecule has 1 aromatic heterocycles. The maximum absolute atomic E-state index is 4.07. The molecule has 0 spiro atoms. The van der Waals surface area contributed by atoms with Gasteiger partial charge < -0.3 is 10.6 Å². The third-order valence-corrected chi connectivity index (χ3v) is 2.48. The summed E-state index contributed by atoms with van der Waals surface area (Å²) in [5.41, 5.74) is 2.28. The van der Waals surface area contributed by atoms with Crippen LogP contribution < -0.4 is 10.6 Å². The van der Waals surface area contributed by atoms with E-state index in [-0.39, 0.29) is 0 Å². The molecular weight excluding hydrogens is 162 g/mol. The number of aromatic nitrogens is 1. The van der Waals surface area contributed by atoms with Crippen LogP contribution in [0.5, 0.6) is 0 Å². The number of rotatable bonds is 1. The fourth-order valence-electron chi connectivity index (χ4n) is 1.53. The molecule has 1 unspecified atom stereocenters. The highest BCUT2D eigenvalue weighted by Crippen LogP contribution is 2.25. The lowest BCUT2D eigenvalue weighted by Gasteiger charge is -2.30. The Morgan fingerprint density at radius 3 is 3.08 bits per heavy atom. The smallest absolute Gasteiger partial charge is 0.0763 e. The number of nitrogens with zero attached hydrogens (tertiary/aromatic N) is 1. The van der Waals surface area contributed by atoms with Crippen LogP contribution in [0.1, 0.15) is 13.8 Å². The summed E-state index contributed by atoms with van der Waals surface area (Å²) in [6.07, 6.45) is 3.68. The Morgan fingerprint density at radius 1 is 1.46 bits per heavy atom. The standard InChI is InChI=1S/C10H15N3/c1-7(2)9-6-12-10-5-11-4-3-8(10)13-9/h3-5,7,9,12-13H,6H2,1-2H3. The summed E-state index contributed by atoms with van der Waals surface area (Å²) in [6.45, 7) is 5.44. The largest absolute Gasteiger partial charge is 0.380 e. The van der Waals surface area contributed by atoms with Gasteiger partial charge in [0.25, 0.3) is 0 Å². The lowest BCUT2D eigenvalue weighted by Crippen LogP contribution is -2.36. The van der Waals surface area contributed by atoms with Crippen molar-refractivity contribution in [1.82, 2.24) is 4.98 Å². The molecule has 13 heavy (non-hydrogen) atoms. The van der Waals surface area contributed by atoms with Crippen molar-refractivity contribution < 1.29 is 0 Å². The van der Waals surface area contributed by atoms with E-state index in [0.29, 0.717) is 12.0 Å². The topological polar surface area (TPSA) is 37.0 Å². The predicted molar refractivity (Wildman–Crippen MR) is 55.0 cm³/mol. The molecule has 0 saturated carbocycles. The van der Waals surface area contributed by atoms with Crippen LogP contribution in [-0.4, -0.2) is 17.6 Å². The molecule has 0 aromatic carbocycles. The quantitative estimate of drug-likeness (QED) is 0.688. The van der Waals surface area contributed by atoms with E-state index in [0.717, 1.165) is 12.2 Å². The van der Waals surface area contributed by atoms with Gasteiger partial charge in [-0.2, -0.15) is 0 Å². The van der Waals surface area contributed by atoms with E-state index in [1.807, 2.05) is 18.5 Å². The average molecular weight is 177 g/mol. The molecule has 3 nitrogen and oxygen atoms in total. The molecule has 1 atom stereocenters. The molecular formula is C10H15N3. The molecule has 2 heterocycles. The van der Waals surface area contributed by atoms with Gasteiger partial charge >= 0.3 is 0 Å². The first kappa shape index (κ1) is 8.35. The van der Waals surface area contributed by atoms with Crippen LogP contribution in [0.25, 0.3) is 0 Å². The van der Waals surface area contributed by atoms with Crippen molar-refractivity contribution in [2.45, 2.75) is 19.9 Å². The maximum atomic E-state index is 4.07. The predicted octanol–water partition coefficient (Wildman–Crippen LogP) is 1.94. The first-order valence-corrected chi connectivity index (χ1v) is 4.72. The second-order valence-corrected chi connectivity index (χ2v) is 3.80. The van der Waals surface area contributed by atoms with Crippen LogP contribution in [0, 0.1) is 5.92 Å². The molecule has 3 heteroatoms. The van der Waals surface area contributed by atoms with Crippen molar-refractivity contribution in [1.29, 1.82) is 0 Å². The van der Waals surface area contributed by atoms with Crippen LogP contribution in [0.2, 0.25) is 0 Å². The Kier molecular flexibility index (Phi) is 2.08. The van der Waals surface area contributed by atoms with Gasteiger partial charge in [0, 0.05) is 18.8 Å². The van der Waals surface area contributed by atoms with Gasteiger partial charge in [-0.05, 0) is 12.0 Å². The summed E-state index contributed by atoms with van der Waals surface area (Å²) in [7, 11) is 0. The SMILES string of the molecule is CC(C)C1CNc2cnccc2N1. The third-order valence-electron chi connectivity index (χ3n) is 2.48. The summed E-state index contributed by atoms with van der Waals surface area (Å²) in [5, 5.41) is 6.86. The molecule has 0 amide bonds. The van der Waals surface area contributed by atoms with E-state index in [2.05, 4.69) is 29.5 Å². The minimum atomic E-state index is 0.523. The van der Waals surface area contributed by atoms with E-state index in [1.165, 1.54) is 5.69 Å². The fraction of sp³-hybridized carbons (Fsp3) is 0.500. The molecule has 2 N–H and O–H groups in total. The Hall–Kier alpha value is -1.25. The van der Waals surface area contributed by atoms with Crippen molar-refractivity contribution >= 4 is 11.4 Å². The summed E-state index contributed by atoms with van der Waals surface area (Å²) in [5.74, 6) is 0.647. The number of nitrogens with one attached hydrogen (secondary N) is 2. The van der Waals surface area contributed by atoms with Crippen LogP contribution in [0.3, 0.4) is 0 Å². The number of pyridine rings is 1. The van der Waals surface area contributed by atoms with Crippen molar-refractivity contribution in [2.75, 3.05) is 17.2 Å². The van der Waals surface area contributed by atoms with Gasteiger partial charge in [0.1, 0.15) is 0 Å². The maximum Gasteiger partial charge on any atom is 0.0763 e. The molecule has 70 valence electrons. The molecule has 1 aliphatic rings. The Labute approximate surface area is 78.6 Å². The Bertz CT molecular complexity index is 296. The van der Waals surface area contributed by atoms with Gasteiger partial charge in [-0.1, -0.05) is 13.8 Å². The zero-order valence-corrected chi connectivity index (χ0v) is 8.04. The van der Waals surface area contributed by atoms with E-state index >= 15 is 0 Å². The van der Waals surface area contributed by atoms with E-state index in [1.54, 1.807) is 0 Å². The van der Waals surface area contributed by atoms with Crippen LogP contribution in [0.4, 0.5) is 11.4 Å². The van der Waals surface area contributed by atoms with Gasteiger partial charge in [0.2, 0.25) is 0 Å². The summed E-state index contributed by atoms with van der Waals surface area (Å²) in [6, 6.07) is 2.53. The lowest BCUT2D eigenvalue weighted by atomic mass is 10.0. The highest BCUT2D eigenvalue weighted by molar-refractivity contribution is 5.69. The van der Waals surface area contributed by atoms with Crippen molar-refractivity contribution in [2.24, 2.45) is 5.92 Å². The highest BCUT2D eigenvalue weighted by Gasteiger charge is 2.18. The molecule has 0 saturated heterocycles. The van der Waals surface area contributed by atoms with Crippen molar-refractivity contribution in [3.8, 4) is 0 Å². The zero-order valence-electron chi connectivity index (χ0n) is 8.04. The van der Waals surface area contributed by atoms with E-state index in [9.17, 15) is 0 Å². The van der Waals surface area contributed by atoms with Gasteiger partial charge in [0.15, 0.2) is 0 Å². The Morgan fingerprint density at radius 2 is 2.31 bits per heavy atom. The van der Waals surface area contributed by atoms with Crippen molar-refractivity contribution in [3.63, 3.8) is 0 Å². The number of fused-ring (bicyclic) bond motifs is 1. The van der Waals surface area contributed by atoms with E-state index in [4.69, 9.17) is 0 Å². The molecule has 1 aromatic rings. The summed E-state index contributed by atoms with van der Waals surface area (Å²) in [4.78, 5) is 4.07. The number of hydrogen-bond donors (Lipinski definition) is 2. The van der Waals surface area contributed by atoms with Crippen molar-refractivity contribution in [3.05, 3.63) is 18.5 Å². The number of anilines is 2. The monoisotopic (exact) mass is 177 g/mol. The molecule has 1 aliphatic heterocycles. The van der Waals surface area contributed by atoms with Gasteiger partial charge in [-0.3, -0.25) is 4.98 Å². The van der Waals surface area contributed by atoms with Crippen LogP contribution >= 0.6 is 0 Å². The van der Waals surface area contributed by atoms with E-state index < -0.39 is 0 Å². The third kappa shape index (κ3) is 1.59. The minimum absolute atomic E-state index is 0.523. The Balaban J connectivity index is 2.20. The molecule has 0 radical (unpaired) electrons. The first-order valence-electron chi connectivity index (χ1n) is 4.72. The fourth-order valence-corrected chi connectivity index (χ4v) is 1.53. The summed E-state index contributed by atoms with van der Waals surface area (Å²) < 4.78 is 0. The average Bonchev–Trinajstić information content (AvgIpc) is 2.17. The zero-order chi connectivity index (χ0) is 9.26. The second kappa shape index (κ2) is 3.24. The highest BCUT2D eigenvalue weighted by atomic mass is 15.1. The number of hydrogen-bond acceptors (Lipinski definition) is 3. The second-order valence-electron chi connectivity index (χ2n) is 3.80. The molecule has 0 bridgehead atoms. The van der Waals surface area contributed by atoms with Crippen LogP contribution in [-0.2, 0) is 0 Å². The first-order chi connectivity index (χ1) is 6.27. The molecule has 0 fully saturated rings. The summed E-state index contributed by atoms with van der Waals surface area (Å²) >= 11 is 0. The normalized spacial score (nSPS) is 20.4. The molecule has 2 rings (SSSR count). The molecule has 0 aliphatic carbocycles. The minimum Gasteiger partial charge on any atom is -0.380 e. The lowest BCUT2D eigenvalue weighted by molar-refractivity contribution is 0.536. The van der Waals surface area contributed by atoms with Gasteiger partial charge in [0.05, 0.1) is 17.6 Å². The van der Waals surface area contributed by atoms with Crippen LogP contribution in [0.15, 0.2) is 18.5 Å². The van der Waals surface area contributed by atoms with Gasteiger partial charge in [-0.15, -0.1) is 0 Å². The van der Waals surface area contributed by atoms with Gasteiger partial charge in [-0.25, -0.2) is 0 Å².